The lowest BCUT2D eigenvalue weighted by Gasteiger charge is -2.09. The summed E-state index contributed by atoms with van der Waals surface area (Å²) in [5.41, 5.74) is 0.969. The monoisotopic (exact) mass is 217 g/mol. The van der Waals surface area contributed by atoms with Gasteiger partial charge in [-0.1, -0.05) is 6.07 Å². The molecule has 0 radical (unpaired) electrons. The number of nitrogens with zero attached hydrogens (tertiary/aromatic N) is 3. The standard InChI is InChI=1S/C12H15N3O/c1-9(2)16-12-6-4-5-11(13-12)15-8-7-10(3)14-15/h4-9H,1-3H3. The van der Waals surface area contributed by atoms with Gasteiger partial charge in [0, 0.05) is 12.3 Å². The van der Waals surface area contributed by atoms with Crippen molar-refractivity contribution in [1.29, 1.82) is 0 Å². The number of hydrogen-bond acceptors (Lipinski definition) is 3. The summed E-state index contributed by atoms with van der Waals surface area (Å²) >= 11 is 0. The van der Waals surface area contributed by atoms with Gasteiger partial charge in [0.25, 0.3) is 0 Å². The van der Waals surface area contributed by atoms with E-state index in [4.69, 9.17) is 4.74 Å². The maximum absolute atomic E-state index is 5.53. The molecule has 4 nitrogen and oxygen atoms in total. The third-order valence-electron chi connectivity index (χ3n) is 2.02. The molecule has 4 heteroatoms. The van der Waals surface area contributed by atoms with Crippen LogP contribution in [0, 0.1) is 6.92 Å². The average Bonchev–Trinajstić information content (AvgIpc) is 2.64. The Hall–Kier alpha value is -1.84. The molecule has 0 aliphatic rings. The third kappa shape index (κ3) is 2.39. The molecule has 16 heavy (non-hydrogen) atoms. The molecule has 2 aromatic heterocycles. The Balaban J connectivity index is 2.28. The predicted octanol–water partition coefficient (Wildman–Crippen LogP) is 2.36. The summed E-state index contributed by atoms with van der Waals surface area (Å²) < 4.78 is 7.27. The van der Waals surface area contributed by atoms with Crippen LogP contribution >= 0.6 is 0 Å². The van der Waals surface area contributed by atoms with Crippen molar-refractivity contribution in [2.45, 2.75) is 26.9 Å². The van der Waals surface area contributed by atoms with Crippen LogP contribution in [0.1, 0.15) is 19.5 Å². The second-order valence-corrected chi connectivity index (χ2v) is 3.90. The molecule has 2 heterocycles. The summed E-state index contributed by atoms with van der Waals surface area (Å²) in [7, 11) is 0. The summed E-state index contributed by atoms with van der Waals surface area (Å²) in [6, 6.07) is 7.61. The van der Waals surface area contributed by atoms with Crippen molar-refractivity contribution in [3.05, 3.63) is 36.2 Å². The van der Waals surface area contributed by atoms with E-state index in [0.29, 0.717) is 5.88 Å². The van der Waals surface area contributed by atoms with E-state index in [0.717, 1.165) is 11.5 Å². The van der Waals surface area contributed by atoms with Gasteiger partial charge in [0.15, 0.2) is 5.82 Å². The van der Waals surface area contributed by atoms with Crippen LogP contribution in [-0.4, -0.2) is 20.9 Å². The van der Waals surface area contributed by atoms with Crippen molar-refractivity contribution in [3.63, 3.8) is 0 Å². The summed E-state index contributed by atoms with van der Waals surface area (Å²) in [5, 5.41) is 4.30. The fraction of sp³-hybridized carbons (Fsp3) is 0.333. The highest BCUT2D eigenvalue weighted by Gasteiger charge is 2.03. The van der Waals surface area contributed by atoms with Crippen LogP contribution in [0.4, 0.5) is 0 Å². The molecule has 0 amide bonds. The van der Waals surface area contributed by atoms with Crippen LogP contribution in [0.5, 0.6) is 5.88 Å². The first kappa shape index (κ1) is 10.7. The molecule has 0 bridgehead atoms. The Morgan fingerprint density at radius 2 is 2.06 bits per heavy atom. The van der Waals surface area contributed by atoms with Gasteiger partial charge in [-0.2, -0.15) is 10.1 Å². The Kier molecular flexibility index (Phi) is 2.90. The SMILES string of the molecule is Cc1ccn(-c2cccc(OC(C)C)n2)n1. The highest BCUT2D eigenvalue weighted by atomic mass is 16.5. The maximum atomic E-state index is 5.53. The first-order chi connectivity index (χ1) is 7.65. The summed E-state index contributed by atoms with van der Waals surface area (Å²) in [4.78, 5) is 4.37. The molecule has 0 fully saturated rings. The Bertz CT molecular complexity index is 477. The smallest absolute Gasteiger partial charge is 0.215 e. The zero-order valence-electron chi connectivity index (χ0n) is 9.71. The molecule has 84 valence electrons. The largest absolute Gasteiger partial charge is 0.475 e. The summed E-state index contributed by atoms with van der Waals surface area (Å²) in [5.74, 6) is 1.40. The van der Waals surface area contributed by atoms with Gasteiger partial charge < -0.3 is 4.74 Å². The zero-order chi connectivity index (χ0) is 11.5. The number of hydrogen-bond donors (Lipinski definition) is 0. The van der Waals surface area contributed by atoms with Gasteiger partial charge in [-0.05, 0) is 32.9 Å². The first-order valence-corrected chi connectivity index (χ1v) is 5.31. The average molecular weight is 217 g/mol. The topological polar surface area (TPSA) is 39.9 Å². The number of rotatable bonds is 3. The van der Waals surface area contributed by atoms with Gasteiger partial charge in [0.2, 0.25) is 5.88 Å². The van der Waals surface area contributed by atoms with E-state index in [1.165, 1.54) is 0 Å². The minimum atomic E-state index is 0.127. The number of aromatic nitrogens is 3. The second kappa shape index (κ2) is 4.35. The molecular weight excluding hydrogens is 202 g/mol. The molecule has 2 aromatic rings. The van der Waals surface area contributed by atoms with Crippen molar-refractivity contribution >= 4 is 0 Å². The number of pyridine rings is 1. The molecule has 0 atom stereocenters. The quantitative estimate of drug-likeness (QED) is 0.792. The third-order valence-corrected chi connectivity index (χ3v) is 2.02. The molecule has 0 aromatic carbocycles. The van der Waals surface area contributed by atoms with Crippen LogP contribution in [0.2, 0.25) is 0 Å². The van der Waals surface area contributed by atoms with Gasteiger partial charge >= 0.3 is 0 Å². The lowest BCUT2D eigenvalue weighted by Crippen LogP contribution is -2.08. The summed E-state index contributed by atoms with van der Waals surface area (Å²) in [6.45, 7) is 5.91. The molecule has 0 unspecified atom stereocenters. The van der Waals surface area contributed by atoms with Gasteiger partial charge in [-0.25, -0.2) is 4.68 Å². The fourth-order valence-electron chi connectivity index (χ4n) is 1.38. The Morgan fingerprint density at radius 1 is 1.25 bits per heavy atom. The van der Waals surface area contributed by atoms with Gasteiger partial charge in [-0.15, -0.1) is 0 Å². The predicted molar refractivity (Wildman–Crippen MR) is 61.9 cm³/mol. The van der Waals surface area contributed by atoms with E-state index < -0.39 is 0 Å². The Morgan fingerprint density at radius 3 is 2.69 bits per heavy atom. The molecule has 0 N–H and O–H groups in total. The molecule has 0 saturated heterocycles. The maximum Gasteiger partial charge on any atom is 0.215 e. The molecule has 0 saturated carbocycles. The minimum absolute atomic E-state index is 0.127. The van der Waals surface area contributed by atoms with Gasteiger partial charge in [0.1, 0.15) is 0 Å². The van der Waals surface area contributed by atoms with Crippen molar-refractivity contribution in [1.82, 2.24) is 14.8 Å². The van der Waals surface area contributed by atoms with Gasteiger partial charge in [-0.3, -0.25) is 0 Å². The Labute approximate surface area is 94.9 Å². The highest BCUT2D eigenvalue weighted by Crippen LogP contribution is 2.12. The summed E-state index contributed by atoms with van der Waals surface area (Å²) in [6.07, 6.45) is 2.01. The van der Waals surface area contributed by atoms with Crippen LogP contribution in [0.3, 0.4) is 0 Å². The van der Waals surface area contributed by atoms with E-state index in [-0.39, 0.29) is 6.10 Å². The van der Waals surface area contributed by atoms with Crippen LogP contribution in [-0.2, 0) is 0 Å². The van der Waals surface area contributed by atoms with E-state index >= 15 is 0 Å². The lowest BCUT2D eigenvalue weighted by atomic mass is 10.4. The van der Waals surface area contributed by atoms with E-state index in [9.17, 15) is 0 Å². The van der Waals surface area contributed by atoms with Crippen LogP contribution < -0.4 is 4.74 Å². The second-order valence-electron chi connectivity index (χ2n) is 3.90. The van der Waals surface area contributed by atoms with Crippen molar-refractivity contribution in [2.24, 2.45) is 0 Å². The van der Waals surface area contributed by atoms with Crippen molar-refractivity contribution < 1.29 is 4.74 Å². The van der Waals surface area contributed by atoms with Crippen LogP contribution in [0.25, 0.3) is 5.82 Å². The highest BCUT2D eigenvalue weighted by molar-refractivity contribution is 5.26. The van der Waals surface area contributed by atoms with Gasteiger partial charge in [0.05, 0.1) is 11.8 Å². The van der Waals surface area contributed by atoms with E-state index in [1.807, 2.05) is 51.2 Å². The van der Waals surface area contributed by atoms with Crippen LogP contribution in [0.15, 0.2) is 30.5 Å². The molecule has 0 aliphatic heterocycles. The lowest BCUT2D eigenvalue weighted by molar-refractivity contribution is 0.232. The van der Waals surface area contributed by atoms with E-state index in [1.54, 1.807) is 4.68 Å². The zero-order valence-corrected chi connectivity index (χ0v) is 9.71. The molecule has 2 rings (SSSR count). The molecule has 0 spiro atoms. The van der Waals surface area contributed by atoms with Crippen molar-refractivity contribution in [2.75, 3.05) is 0 Å². The van der Waals surface area contributed by atoms with Crippen molar-refractivity contribution in [3.8, 4) is 11.7 Å². The molecule has 0 aliphatic carbocycles. The van der Waals surface area contributed by atoms with E-state index in [2.05, 4.69) is 10.1 Å². The minimum Gasteiger partial charge on any atom is -0.475 e. The molecular formula is C12H15N3O. The fourth-order valence-corrected chi connectivity index (χ4v) is 1.38. The number of ether oxygens (including phenoxy) is 1. The number of aryl methyl sites for hydroxylation is 1. The normalized spacial score (nSPS) is 10.8. The first-order valence-electron chi connectivity index (χ1n) is 5.31.